The van der Waals surface area contributed by atoms with Gasteiger partial charge in [-0.15, -0.1) is 0 Å². The molecule has 0 radical (unpaired) electrons. The Kier molecular flexibility index (Phi) is 3.79. The van der Waals surface area contributed by atoms with Gasteiger partial charge in [-0.3, -0.25) is 0 Å². The van der Waals surface area contributed by atoms with Gasteiger partial charge in [0.05, 0.1) is 5.41 Å². The first-order chi connectivity index (χ1) is 9.63. The van der Waals surface area contributed by atoms with Crippen molar-refractivity contribution in [3.05, 3.63) is 11.7 Å². The fourth-order valence-corrected chi connectivity index (χ4v) is 3.19. The lowest BCUT2D eigenvalue weighted by molar-refractivity contribution is 0.113. The Bertz CT molecular complexity index is 451. The van der Waals surface area contributed by atoms with Crippen LogP contribution in [0.3, 0.4) is 0 Å². The van der Waals surface area contributed by atoms with E-state index in [0.29, 0.717) is 12.6 Å². The summed E-state index contributed by atoms with van der Waals surface area (Å²) in [7, 11) is 4.34. The second-order valence-corrected chi connectivity index (χ2v) is 6.45. The number of nitrogens with two attached hydrogens (primary N) is 1. The number of rotatable bonds is 4. The van der Waals surface area contributed by atoms with Crippen molar-refractivity contribution < 1.29 is 4.52 Å². The molecule has 3 rings (SSSR count). The molecule has 1 aromatic rings. The normalized spacial score (nSPS) is 27.4. The summed E-state index contributed by atoms with van der Waals surface area (Å²) in [6.07, 6.45) is 4.23. The number of hydrogen-bond acceptors (Lipinski definition) is 6. The Hall–Kier alpha value is -0.980. The van der Waals surface area contributed by atoms with E-state index in [4.69, 9.17) is 10.3 Å². The molecular weight excluding hydrogens is 254 g/mol. The molecule has 1 aromatic heterocycles. The summed E-state index contributed by atoms with van der Waals surface area (Å²) in [6, 6.07) is 0.467. The van der Waals surface area contributed by atoms with Gasteiger partial charge in [0.15, 0.2) is 5.82 Å². The van der Waals surface area contributed by atoms with Gasteiger partial charge < -0.3 is 20.1 Å². The van der Waals surface area contributed by atoms with Crippen molar-refractivity contribution in [1.29, 1.82) is 0 Å². The summed E-state index contributed by atoms with van der Waals surface area (Å²) in [5.74, 6) is 1.58. The molecule has 1 saturated carbocycles. The average Bonchev–Trinajstić information content (AvgIpc) is 2.82. The number of likely N-dealkylation sites (N-methyl/N-ethyl adjacent to an activating group) is 2. The highest BCUT2D eigenvalue weighted by atomic mass is 16.5. The van der Waals surface area contributed by atoms with Crippen LogP contribution in [-0.2, 0) is 11.8 Å². The molecule has 20 heavy (non-hydrogen) atoms. The Morgan fingerprint density at radius 2 is 2.15 bits per heavy atom. The zero-order valence-electron chi connectivity index (χ0n) is 12.5. The van der Waals surface area contributed by atoms with Gasteiger partial charge in [0.1, 0.15) is 0 Å². The summed E-state index contributed by atoms with van der Waals surface area (Å²) in [4.78, 5) is 9.37. The molecule has 2 heterocycles. The SMILES string of the molecule is CN1CCN(C)C(Cc2noc(C3(CN)CCC3)n2)C1. The van der Waals surface area contributed by atoms with E-state index in [1.807, 2.05) is 0 Å². The third kappa shape index (κ3) is 2.47. The highest BCUT2D eigenvalue weighted by molar-refractivity contribution is 5.11. The van der Waals surface area contributed by atoms with E-state index in [-0.39, 0.29) is 5.41 Å². The molecule has 6 nitrogen and oxygen atoms in total. The van der Waals surface area contributed by atoms with Gasteiger partial charge in [-0.1, -0.05) is 11.6 Å². The van der Waals surface area contributed by atoms with Crippen LogP contribution in [0, 0.1) is 0 Å². The lowest BCUT2D eigenvalue weighted by atomic mass is 9.69. The summed E-state index contributed by atoms with van der Waals surface area (Å²) < 4.78 is 5.49. The highest BCUT2D eigenvalue weighted by Crippen LogP contribution is 2.41. The molecule has 6 heteroatoms. The van der Waals surface area contributed by atoms with Crippen molar-refractivity contribution in [3.8, 4) is 0 Å². The van der Waals surface area contributed by atoms with Crippen molar-refractivity contribution in [2.24, 2.45) is 5.73 Å². The average molecular weight is 279 g/mol. The molecule has 2 aliphatic rings. The maximum Gasteiger partial charge on any atom is 0.234 e. The van der Waals surface area contributed by atoms with Crippen molar-refractivity contribution in [3.63, 3.8) is 0 Å². The fraction of sp³-hybridized carbons (Fsp3) is 0.857. The maximum absolute atomic E-state index is 5.89. The quantitative estimate of drug-likeness (QED) is 0.851. The van der Waals surface area contributed by atoms with Crippen LogP contribution in [0.15, 0.2) is 4.52 Å². The molecule has 2 fully saturated rings. The molecule has 1 aliphatic heterocycles. The fourth-order valence-electron chi connectivity index (χ4n) is 3.19. The van der Waals surface area contributed by atoms with Gasteiger partial charge in [0.25, 0.3) is 0 Å². The summed E-state index contributed by atoms with van der Waals surface area (Å²) in [5.41, 5.74) is 5.86. The van der Waals surface area contributed by atoms with Crippen LogP contribution in [0.4, 0.5) is 0 Å². The number of piperazine rings is 1. The minimum absolute atomic E-state index is 0.0273. The van der Waals surface area contributed by atoms with Crippen LogP contribution < -0.4 is 5.73 Å². The smallest absolute Gasteiger partial charge is 0.234 e. The Morgan fingerprint density at radius 3 is 2.80 bits per heavy atom. The molecule has 1 atom stereocenters. The van der Waals surface area contributed by atoms with Crippen LogP contribution in [0.1, 0.15) is 31.0 Å². The lowest BCUT2D eigenvalue weighted by Crippen LogP contribution is -2.50. The van der Waals surface area contributed by atoms with Crippen LogP contribution >= 0.6 is 0 Å². The molecule has 1 aliphatic carbocycles. The molecule has 0 aromatic carbocycles. The Balaban J connectivity index is 1.68. The largest absolute Gasteiger partial charge is 0.339 e. The lowest BCUT2D eigenvalue weighted by Gasteiger charge is -2.37. The molecule has 1 saturated heterocycles. The second kappa shape index (κ2) is 5.42. The zero-order valence-corrected chi connectivity index (χ0v) is 12.5. The van der Waals surface area contributed by atoms with Gasteiger partial charge in [-0.2, -0.15) is 4.98 Å². The van der Waals surface area contributed by atoms with E-state index < -0.39 is 0 Å². The zero-order chi connectivity index (χ0) is 14.2. The van der Waals surface area contributed by atoms with E-state index in [9.17, 15) is 0 Å². The van der Waals surface area contributed by atoms with Crippen molar-refractivity contribution in [1.82, 2.24) is 19.9 Å². The van der Waals surface area contributed by atoms with Gasteiger partial charge in [-0.05, 0) is 26.9 Å². The topological polar surface area (TPSA) is 71.4 Å². The summed E-state index contributed by atoms with van der Waals surface area (Å²) >= 11 is 0. The van der Waals surface area contributed by atoms with Gasteiger partial charge in [-0.25, -0.2) is 0 Å². The Labute approximate surface area is 120 Å². The third-order valence-electron chi connectivity index (χ3n) is 5.02. The van der Waals surface area contributed by atoms with Crippen LogP contribution in [0.2, 0.25) is 0 Å². The first kappa shape index (κ1) is 14.0. The van der Waals surface area contributed by atoms with E-state index in [1.54, 1.807) is 0 Å². The molecule has 1 unspecified atom stereocenters. The van der Waals surface area contributed by atoms with Gasteiger partial charge >= 0.3 is 0 Å². The van der Waals surface area contributed by atoms with E-state index in [1.165, 1.54) is 6.42 Å². The predicted molar refractivity (Wildman–Crippen MR) is 76.5 cm³/mol. The van der Waals surface area contributed by atoms with Crippen LogP contribution in [0.25, 0.3) is 0 Å². The number of nitrogens with zero attached hydrogens (tertiary/aromatic N) is 4. The van der Waals surface area contributed by atoms with E-state index in [2.05, 4.69) is 34.0 Å². The molecule has 0 bridgehead atoms. The van der Waals surface area contributed by atoms with E-state index in [0.717, 1.165) is 50.6 Å². The predicted octanol–water partition coefficient (Wildman–Crippen LogP) is 0.238. The van der Waals surface area contributed by atoms with Gasteiger partial charge in [0, 0.05) is 38.6 Å². The second-order valence-electron chi connectivity index (χ2n) is 6.45. The summed E-state index contributed by atoms with van der Waals surface area (Å²) in [6.45, 7) is 3.89. The first-order valence-electron chi connectivity index (χ1n) is 7.55. The first-order valence-corrected chi connectivity index (χ1v) is 7.55. The molecule has 112 valence electrons. The van der Waals surface area contributed by atoms with Crippen molar-refractivity contribution in [2.75, 3.05) is 40.3 Å². The summed E-state index contributed by atoms with van der Waals surface area (Å²) in [5, 5.41) is 4.18. The van der Waals surface area contributed by atoms with Crippen molar-refractivity contribution >= 4 is 0 Å². The number of aromatic nitrogens is 2. The van der Waals surface area contributed by atoms with E-state index >= 15 is 0 Å². The minimum Gasteiger partial charge on any atom is -0.339 e. The molecule has 2 N–H and O–H groups in total. The number of hydrogen-bond donors (Lipinski definition) is 1. The van der Waals surface area contributed by atoms with Crippen LogP contribution in [-0.4, -0.2) is 66.3 Å². The minimum atomic E-state index is -0.0273. The third-order valence-corrected chi connectivity index (χ3v) is 5.02. The van der Waals surface area contributed by atoms with Crippen LogP contribution in [0.5, 0.6) is 0 Å². The van der Waals surface area contributed by atoms with Gasteiger partial charge in [0.2, 0.25) is 5.89 Å². The Morgan fingerprint density at radius 1 is 1.35 bits per heavy atom. The molecule has 0 spiro atoms. The monoisotopic (exact) mass is 279 g/mol. The maximum atomic E-state index is 5.89. The molecular formula is C14H25N5O. The van der Waals surface area contributed by atoms with Crippen molar-refractivity contribution in [2.45, 2.75) is 37.1 Å². The molecule has 0 amide bonds. The standard InChI is InChI=1S/C14H25N5O/c1-18-6-7-19(2)11(9-18)8-12-16-13(20-17-12)14(10-15)4-3-5-14/h11H,3-10,15H2,1-2H3. The highest BCUT2D eigenvalue weighted by Gasteiger charge is 2.42.